The van der Waals surface area contributed by atoms with Gasteiger partial charge in [-0.2, -0.15) is 5.26 Å². The fourth-order valence-corrected chi connectivity index (χ4v) is 2.59. The molecule has 2 atom stereocenters. The van der Waals surface area contributed by atoms with Gasteiger partial charge in [-0.05, 0) is 38.5 Å². The molecule has 7 heteroatoms. The van der Waals surface area contributed by atoms with Crippen molar-refractivity contribution in [3.63, 3.8) is 0 Å². The average molecular weight is 345 g/mol. The zero-order chi connectivity index (χ0) is 18.6. The van der Waals surface area contributed by atoms with Gasteiger partial charge in [0.05, 0.1) is 24.3 Å². The number of aliphatic hydroxyl groups excluding tert-OH is 1. The highest BCUT2D eigenvalue weighted by molar-refractivity contribution is 5.86. The van der Waals surface area contributed by atoms with Crippen molar-refractivity contribution < 1.29 is 19.4 Å². The summed E-state index contributed by atoms with van der Waals surface area (Å²) in [5.41, 5.74) is 0.716. The maximum Gasteiger partial charge on any atom is 0.411 e. The third-order valence-corrected chi connectivity index (χ3v) is 3.76. The van der Waals surface area contributed by atoms with E-state index >= 15 is 0 Å². The van der Waals surface area contributed by atoms with E-state index in [0.717, 1.165) is 5.56 Å². The molecule has 2 amide bonds. The molecule has 25 heavy (non-hydrogen) atoms. The second-order valence-corrected chi connectivity index (χ2v) is 7.06. The normalized spacial score (nSPS) is 20.0. The van der Waals surface area contributed by atoms with Crippen LogP contribution in [0.5, 0.6) is 0 Å². The number of ether oxygens (including phenoxy) is 1. The Morgan fingerprint density at radius 1 is 1.36 bits per heavy atom. The van der Waals surface area contributed by atoms with Crippen LogP contribution in [-0.2, 0) is 16.1 Å². The number of hydrogen-bond donors (Lipinski definition) is 2. The van der Waals surface area contributed by atoms with Crippen molar-refractivity contribution in [1.82, 2.24) is 10.2 Å². The standard InChI is InChI=1S/C18H23N3O4/c1-18(2,3)25-17(24)21-11-14(22)8-15(21)16(23)20-10-13-6-4-12(9-19)5-7-13/h4-7,14-15,22H,8,10-11H2,1-3H3,(H,20,23)/t14-,15+/m1/s1. The van der Waals surface area contributed by atoms with Crippen LogP contribution < -0.4 is 5.32 Å². The van der Waals surface area contributed by atoms with Gasteiger partial charge in [-0.25, -0.2) is 4.79 Å². The SMILES string of the molecule is CC(C)(C)OC(=O)N1C[C@H](O)C[C@H]1C(=O)NCc1ccc(C#N)cc1. The lowest BCUT2D eigenvalue weighted by Gasteiger charge is -2.27. The van der Waals surface area contributed by atoms with Crippen LogP contribution in [0.4, 0.5) is 4.79 Å². The first-order chi connectivity index (χ1) is 11.7. The van der Waals surface area contributed by atoms with Gasteiger partial charge in [-0.15, -0.1) is 0 Å². The minimum Gasteiger partial charge on any atom is -0.444 e. The Morgan fingerprint density at radius 3 is 2.56 bits per heavy atom. The number of likely N-dealkylation sites (tertiary alicyclic amines) is 1. The Kier molecular flexibility index (Phi) is 5.65. The molecule has 2 N–H and O–H groups in total. The molecule has 0 aliphatic carbocycles. The Labute approximate surface area is 147 Å². The average Bonchev–Trinajstić information content (AvgIpc) is 2.93. The molecule has 1 heterocycles. The Balaban J connectivity index is 1.98. The van der Waals surface area contributed by atoms with E-state index in [2.05, 4.69) is 5.32 Å². The topological polar surface area (TPSA) is 103 Å². The number of amides is 2. The van der Waals surface area contributed by atoms with Gasteiger partial charge < -0.3 is 15.2 Å². The van der Waals surface area contributed by atoms with Gasteiger partial charge in [0, 0.05) is 13.0 Å². The first kappa shape index (κ1) is 18.7. The molecule has 134 valence electrons. The number of hydrogen-bond acceptors (Lipinski definition) is 5. The molecule has 1 fully saturated rings. The molecule has 1 aromatic carbocycles. The molecule has 0 bridgehead atoms. The van der Waals surface area contributed by atoms with Gasteiger partial charge in [0.25, 0.3) is 0 Å². The van der Waals surface area contributed by atoms with Gasteiger partial charge in [0.2, 0.25) is 5.91 Å². The zero-order valence-corrected chi connectivity index (χ0v) is 14.7. The summed E-state index contributed by atoms with van der Waals surface area (Å²) in [5.74, 6) is -0.341. The maximum atomic E-state index is 12.4. The summed E-state index contributed by atoms with van der Waals surface area (Å²) in [6, 6.07) is 8.14. The van der Waals surface area contributed by atoms with Crippen molar-refractivity contribution >= 4 is 12.0 Å². The molecule has 0 spiro atoms. The molecule has 1 aliphatic rings. The van der Waals surface area contributed by atoms with Gasteiger partial charge in [0.1, 0.15) is 11.6 Å². The first-order valence-electron chi connectivity index (χ1n) is 8.14. The largest absolute Gasteiger partial charge is 0.444 e. The van der Waals surface area contributed by atoms with Crippen molar-refractivity contribution in [2.75, 3.05) is 6.54 Å². The number of rotatable bonds is 3. The molecule has 2 rings (SSSR count). The van der Waals surface area contributed by atoms with Crippen molar-refractivity contribution in [3.05, 3.63) is 35.4 Å². The van der Waals surface area contributed by atoms with Crippen molar-refractivity contribution in [2.24, 2.45) is 0 Å². The first-order valence-corrected chi connectivity index (χ1v) is 8.14. The Morgan fingerprint density at radius 2 is 2.00 bits per heavy atom. The highest BCUT2D eigenvalue weighted by atomic mass is 16.6. The molecule has 0 radical (unpaired) electrons. The number of aliphatic hydroxyl groups is 1. The van der Waals surface area contributed by atoms with Crippen LogP contribution in [0.2, 0.25) is 0 Å². The molecule has 0 aromatic heterocycles. The van der Waals surface area contributed by atoms with Gasteiger partial charge in [0.15, 0.2) is 0 Å². The highest BCUT2D eigenvalue weighted by Gasteiger charge is 2.40. The molecule has 0 saturated carbocycles. The van der Waals surface area contributed by atoms with Crippen molar-refractivity contribution in [3.8, 4) is 6.07 Å². The summed E-state index contributed by atoms with van der Waals surface area (Å²) in [5, 5.41) is 21.4. The van der Waals surface area contributed by atoms with Crippen LogP contribution >= 0.6 is 0 Å². The summed E-state index contributed by atoms with van der Waals surface area (Å²) < 4.78 is 5.30. The minimum absolute atomic E-state index is 0.0733. The summed E-state index contributed by atoms with van der Waals surface area (Å²) >= 11 is 0. The quantitative estimate of drug-likeness (QED) is 0.865. The van der Waals surface area contributed by atoms with Crippen LogP contribution in [0.3, 0.4) is 0 Å². The zero-order valence-electron chi connectivity index (χ0n) is 14.7. The predicted octanol–water partition coefficient (Wildman–Crippen LogP) is 1.54. The number of nitrogens with one attached hydrogen (secondary N) is 1. The molecule has 1 saturated heterocycles. The van der Waals surface area contributed by atoms with Crippen LogP contribution in [0.15, 0.2) is 24.3 Å². The van der Waals surface area contributed by atoms with Crippen LogP contribution in [0.1, 0.15) is 38.3 Å². The van der Waals surface area contributed by atoms with Crippen LogP contribution in [0.25, 0.3) is 0 Å². The van der Waals surface area contributed by atoms with Gasteiger partial charge in [-0.1, -0.05) is 12.1 Å². The summed E-state index contributed by atoms with van der Waals surface area (Å²) in [4.78, 5) is 26.0. The van der Waals surface area contributed by atoms with Crippen LogP contribution in [0, 0.1) is 11.3 Å². The lowest BCUT2D eigenvalue weighted by molar-refractivity contribution is -0.125. The number of benzene rings is 1. The van der Waals surface area contributed by atoms with E-state index in [1.807, 2.05) is 6.07 Å². The highest BCUT2D eigenvalue weighted by Crippen LogP contribution is 2.21. The maximum absolute atomic E-state index is 12.4. The van der Waals surface area contributed by atoms with E-state index in [1.165, 1.54) is 4.90 Å². The summed E-state index contributed by atoms with van der Waals surface area (Å²) in [7, 11) is 0. The molecule has 7 nitrogen and oxygen atoms in total. The number of nitrogens with zero attached hydrogens (tertiary/aromatic N) is 2. The second-order valence-electron chi connectivity index (χ2n) is 7.06. The van der Waals surface area contributed by atoms with Crippen molar-refractivity contribution in [2.45, 2.75) is 51.5 Å². The van der Waals surface area contributed by atoms with E-state index in [4.69, 9.17) is 10.00 Å². The van der Waals surface area contributed by atoms with E-state index < -0.39 is 23.8 Å². The smallest absolute Gasteiger partial charge is 0.411 e. The number of nitriles is 1. The second kappa shape index (κ2) is 7.53. The number of carbonyl (C=O) groups excluding carboxylic acids is 2. The van der Waals surface area contributed by atoms with Crippen molar-refractivity contribution in [1.29, 1.82) is 5.26 Å². The van der Waals surface area contributed by atoms with Crippen LogP contribution in [-0.4, -0.2) is 46.3 Å². The van der Waals surface area contributed by atoms with E-state index in [0.29, 0.717) is 5.56 Å². The third kappa shape index (κ3) is 5.19. The van der Waals surface area contributed by atoms with E-state index in [-0.39, 0.29) is 25.4 Å². The molecule has 0 unspecified atom stereocenters. The number of carbonyl (C=O) groups is 2. The molecular weight excluding hydrogens is 322 g/mol. The molecule has 1 aromatic rings. The Bertz CT molecular complexity index is 673. The minimum atomic E-state index is -0.761. The summed E-state index contributed by atoms with van der Waals surface area (Å²) in [6.07, 6.45) is -1.18. The fourth-order valence-electron chi connectivity index (χ4n) is 2.59. The third-order valence-electron chi connectivity index (χ3n) is 3.76. The summed E-state index contributed by atoms with van der Waals surface area (Å²) in [6.45, 7) is 5.59. The van der Waals surface area contributed by atoms with E-state index in [9.17, 15) is 14.7 Å². The number of β-amino-alcohol motifs (C(OH)–C–C–N with tert-alkyl or cyclic N) is 1. The molecular formula is C18H23N3O4. The lowest BCUT2D eigenvalue weighted by atomic mass is 10.1. The monoisotopic (exact) mass is 345 g/mol. The fraction of sp³-hybridized carbons (Fsp3) is 0.500. The van der Waals surface area contributed by atoms with E-state index in [1.54, 1.807) is 45.0 Å². The lowest BCUT2D eigenvalue weighted by Crippen LogP contribution is -2.47. The Hall–Kier alpha value is -2.59. The van der Waals surface area contributed by atoms with Gasteiger partial charge in [-0.3, -0.25) is 9.69 Å². The molecule has 1 aliphatic heterocycles. The van der Waals surface area contributed by atoms with Gasteiger partial charge >= 0.3 is 6.09 Å². The predicted molar refractivity (Wildman–Crippen MR) is 90.4 cm³/mol.